The summed E-state index contributed by atoms with van der Waals surface area (Å²) in [6.07, 6.45) is 48.9. The zero-order valence-electron chi connectivity index (χ0n) is 43.6. The monoisotopic (exact) mass is 848 g/mol. The molecule has 0 rings (SSSR count). The molecule has 0 aromatic heterocycles. The molecule has 0 aliphatic rings. The molecule has 1 amide bonds. The van der Waals surface area contributed by atoms with E-state index in [0.29, 0.717) is 18.6 Å². The molecule has 4 nitrogen and oxygen atoms in total. The Morgan fingerprint density at radius 1 is 0.467 bits per heavy atom. The topological polar surface area (TPSA) is 38.8 Å². The second-order valence-electron chi connectivity index (χ2n) is 22.1. The number of hydrogen-bond donors (Lipinski definition) is 0. The molecule has 0 saturated carbocycles. The molecule has 0 saturated heterocycles. The fourth-order valence-corrected chi connectivity index (χ4v) is 9.51. The van der Waals surface area contributed by atoms with Gasteiger partial charge in [-0.3, -0.25) is 4.79 Å². The maximum Gasteiger partial charge on any atom is 0.228 e. The molecule has 0 aromatic rings. The minimum atomic E-state index is -0.353. The van der Waals surface area contributed by atoms with E-state index in [9.17, 15) is 4.79 Å². The quantitative estimate of drug-likeness (QED) is 0.0573. The molecule has 0 spiro atoms. The van der Waals surface area contributed by atoms with E-state index in [-0.39, 0.29) is 22.0 Å². The van der Waals surface area contributed by atoms with Crippen LogP contribution in [0.15, 0.2) is 0 Å². The van der Waals surface area contributed by atoms with Gasteiger partial charge in [0.05, 0.1) is 17.8 Å². The Bertz CT molecular complexity index is 924. The van der Waals surface area contributed by atoms with Crippen molar-refractivity contribution in [2.45, 2.75) is 324 Å². The number of carbonyl (C=O) groups is 1. The second kappa shape index (κ2) is 36.7. The first-order valence-corrected chi connectivity index (χ1v) is 27.0. The van der Waals surface area contributed by atoms with E-state index in [2.05, 4.69) is 81.2 Å². The standard InChI is InChI=1S/C56H113NO3/c1-13-16-18-20-22-24-26-28-30-32-34-36-38-40-42-44-51(45-43-41-39-37-35-33-31-29-27-25-23-21-19-17-14-2)57(11)52(58)56(10,15-3)50-53(4,5)46-47-55(8,9)60-49-48-54(6,7)59-12/h51H,13-50H2,1-12H3. The van der Waals surface area contributed by atoms with Gasteiger partial charge < -0.3 is 14.4 Å². The van der Waals surface area contributed by atoms with Crippen molar-refractivity contribution in [2.75, 3.05) is 20.8 Å². The van der Waals surface area contributed by atoms with Gasteiger partial charge in [0.2, 0.25) is 5.91 Å². The molecule has 0 N–H and O–H groups in total. The highest BCUT2D eigenvalue weighted by molar-refractivity contribution is 5.82. The fraction of sp³-hybridized carbons (Fsp3) is 0.982. The molecule has 0 aliphatic carbocycles. The first kappa shape index (κ1) is 59.4. The van der Waals surface area contributed by atoms with Crippen LogP contribution in [0.1, 0.15) is 307 Å². The Morgan fingerprint density at radius 2 is 0.800 bits per heavy atom. The molecule has 1 atom stereocenters. The summed E-state index contributed by atoms with van der Waals surface area (Å²) in [6.45, 7) is 23.3. The van der Waals surface area contributed by atoms with Gasteiger partial charge in [0, 0.05) is 25.6 Å². The van der Waals surface area contributed by atoms with Gasteiger partial charge in [0.15, 0.2) is 0 Å². The van der Waals surface area contributed by atoms with Crippen LogP contribution in [0.3, 0.4) is 0 Å². The van der Waals surface area contributed by atoms with Gasteiger partial charge in [-0.15, -0.1) is 0 Å². The Kier molecular flexibility index (Phi) is 36.3. The lowest BCUT2D eigenvalue weighted by molar-refractivity contribution is -0.144. The summed E-state index contributed by atoms with van der Waals surface area (Å²) in [6, 6.07) is 0.360. The molecule has 0 aromatic carbocycles. The lowest BCUT2D eigenvalue weighted by Gasteiger charge is -2.41. The largest absolute Gasteiger partial charge is 0.379 e. The first-order valence-electron chi connectivity index (χ1n) is 27.0. The zero-order chi connectivity index (χ0) is 45.0. The zero-order valence-corrected chi connectivity index (χ0v) is 43.6. The molecule has 0 heterocycles. The lowest BCUT2D eigenvalue weighted by atomic mass is 9.69. The van der Waals surface area contributed by atoms with Crippen LogP contribution in [0.2, 0.25) is 0 Å². The third-order valence-electron chi connectivity index (χ3n) is 14.5. The third-order valence-corrected chi connectivity index (χ3v) is 14.5. The van der Waals surface area contributed by atoms with Crippen LogP contribution in [0, 0.1) is 10.8 Å². The van der Waals surface area contributed by atoms with Crippen molar-refractivity contribution in [1.82, 2.24) is 4.90 Å². The summed E-state index contributed by atoms with van der Waals surface area (Å²) >= 11 is 0. The smallest absolute Gasteiger partial charge is 0.228 e. The van der Waals surface area contributed by atoms with Gasteiger partial charge in [-0.25, -0.2) is 0 Å². The molecule has 0 fully saturated rings. The highest BCUT2D eigenvalue weighted by Gasteiger charge is 2.41. The first-order chi connectivity index (χ1) is 28.6. The average molecular weight is 849 g/mol. The Hall–Kier alpha value is -0.610. The van der Waals surface area contributed by atoms with Gasteiger partial charge in [-0.05, 0) is 78.1 Å². The number of ether oxygens (including phenoxy) is 2. The van der Waals surface area contributed by atoms with Crippen LogP contribution in [0.5, 0.6) is 0 Å². The second-order valence-corrected chi connectivity index (χ2v) is 22.1. The van der Waals surface area contributed by atoms with Crippen LogP contribution in [0.25, 0.3) is 0 Å². The predicted molar refractivity (Wildman–Crippen MR) is 267 cm³/mol. The molecule has 4 heteroatoms. The lowest BCUT2D eigenvalue weighted by Crippen LogP contribution is -2.47. The number of methoxy groups -OCH3 is 1. The number of unbranched alkanes of at least 4 members (excludes halogenated alkanes) is 28. The molecular weight excluding hydrogens is 735 g/mol. The maximum atomic E-state index is 14.6. The third kappa shape index (κ3) is 33.0. The molecule has 1 unspecified atom stereocenters. The highest BCUT2D eigenvalue weighted by atomic mass is 16.5. The molecule has 0 aliphatic heterocycles. The Labute approximate surface area is 379 Å². The van der Waals surface area contributed by atoms with Crippen molar-refractivity contribution in [2.24, 2.45) is 10.8 Å². The summed E-state index contributed by atoms with van der Waals surface area (Å²) in [5.41, 5.74) is -0.670. The summed E-state index contributed by atoms with van der Waals surface area (Å²) < 4.78 is 12.0. The van der Waals surface area contributed by atoms with E-state index in [0.717, 1.165) is 44.9 Å². The van der Waals surface area contributed by atoms with Crippen molar-refractivity contribution in [3.05, 3.63) is 0 Å². The van der Waals surface area contributed by atoms with Crippen LogP contribution < -0.4 is 0 Å². The molecule has 60 heavy (non-hydrogen) atoms. The van der Waals surface area contributed by atoms with E-state index in [1.807, 2.05) is 0 Å². The summed E-state index contributed by atoms with van der Waals surface area (Å²) in [5.74, 6) is 0.377. The number of hydrogen-bond acceptors (Lipinski definition) is 3. The van der Waals surface area contributed by atoms with Crippen LogP contribution in [0.4, 0.5) is 0 Å². The number of carbonyl (C=O) groups excluding carboxylic acids is 1. The van der Waals surface area contributed by atoms with Gasteiger partial charge in [0.25, 0.3) is 0 Å². The van der Waals surface area contributed by atoms with Crippen LogP contribution >= 0.6 is 0 Å². The SMILES string of the molecule is CCCCCCCCCCCCCCCCCC(CCCCCCCCCCCCCCCCC)N(C)C(=O)C(C)(CC)CC(C)(C)CCC(C)(C)OCCC(C)(C)OC. The number of rotatable bonds is 45. The fourth-order valence-electron chi connectivity index (χ4n) is 9.51. The summed E-state index contributed by atoms with van der Waals surface area (Å²) in [5, 5.41) is 0. The van der Waals surface area contributed by atoms with Gasteiger partial charge in [-0.1, -0.05) is 234 Å². The summed E-state index contributed by atoms with van der Waals surface area (Å²) in [7, 11) is 3.93. The molecule has 360 valence electrons. The van der Waals surface area contributed by atoms with E-state index in [4.69, 9.17) is 9.47 Å². The van der Waals surface area contributed by atoms with Crippen molar-refractivity contribution >= 4 is 5.91 Å². The molecule has 0 radical (unpaired) electrons. The maximum absolute atomic E-state index is 14.6. The molecule has 0 bridgehead atoms. The van der Waals surface area contributed by atoms with Gasteiger partial charge in [-0.2, -0.15) is 0 Å². The van der Waals surface area contributed by atoms with E-state index in [1.54, 1.807) is 7.11 Å². The Balaban J connectivity index is 5.01. The minimum absolute atomic E-state index is 0.0473. The van der Waals surface area contributed by atoms with Crippen molar-refractivity contribution in [1.29, 1.82) is 0 Å². The normalized spacial score (nSPS) is 13.7. The minimum Gasteiger partial charge on any atom is -0.379 e. The predicted octanol–water partition coefficient (Wildman–Crippen LogP) is 18.6. The van der Waals surface area contributed by atoms with E-state index in [1.165, 1.54) is 193 Å². The van der Waals surface area contributed by atoms with Gasteiger partial charge >= 0.3 is 0 Å². The highest BCUT2D eigenvalue weighted by Crippen LogP contribution is 2.42. The summed E-state index contributed by atoms with van der Waals surface area (Å²) in [4.78, 5) is 16.8. The molecular formula is C56H113NO3. The average Bonchev–Trinajstić information content (AvgIpc) is 3.21. The van der Waals surface area contributed by atoms with E-state index < -0.39 is 0 Å². The van der Waals surface area contributed by atoms with Crippen LogP contribution in [-0.4, -0.2) is 48.8 Å². The van der Waals surface area contributed by atoms with Crippen molar-refractivity contribution in [3.8, 4) is 0 Å². The van der Waals surface area contributed by atoms with Crippen LogP contribution in [-0.2, 0) is 14.3 Å². The van der Waals surface area contributed by atoms with Gasteiger partial charge in [0.1, 0.15) is 0 Å². The van der Waals surface area contributed by atoms with E-state index >= 15 is 0 Å². The van der Waals surface area contributed by atoms with Crippen molar-refractivity contribution in [3.63, 3.8) is 0 Å². The number of nitrogens with zero attached hydrogens (tertiary/aromatic N) is 1. The number of amides is 1. The Morgan fingerprint density at radius 3 is 1.12 bits per heavy atom. The van der Waals surface area contributed by atoms with Crippen molar-refractivity contribution < 1.29 is 14.3 Å².